The summed E-state index contributed by atoms with van der Waals surface area (Å²) in [6.07, 6.45) is 1.53. The van der Waals surface area contributed by atoms with Gasteiger partial charge >= 0.3 is 5.97 Å². The summed E-state index contributed by atoms with van der Waals surface area (Å²) >= 11 is 0. The second-order valence-corrected chi connectivity index (χ2v) is 9.91. The highest BCUT2D eigenvalue weighted by molar-refractivity contribution is 7.89. The molecular weight excluding hydrogens is 459 g/mol. The molecule has 1 amide bonds. The number of nitrogens with zero attached hydrogens (tertiary/aromatic N) is 2. The van der Waals surface area contributed by atoms with Crippen molar-refractivity contribution in [3.63, 3.8) is 0 Å². The molecular formula is C25H23FN2O5S. The summed E-state index contributed by atoms with van der Waals surface area (Å²) in [5, 5.41) is 0. The van der Waals surface area contributed by atoms with Gasteiger partial charge in [-0.25, -0.2) is 12.8 Å². The lowest BCUT2D eigenvalue weighted by Crippen LogP contribution is -2.36. The molecule has 0 aromatic heterocycles. The zero-order chi connectivity index (χ0) is 24.3. The lowest BCUT2D eigenvalue weighted by molar-refractivity contribution is -0.147. The average molecular weight is 483 g/mol. The predicted octanol–water partition coefficient (Wildman–Crippen LogP) is 3.45. The molecule has 3 aromatic carbocycles. The van der Waals surface area contributed by atoms with E-state index in [0.29, 0.717) is 0 Å². The van der Waals surface area contributed by atoms with Crippen LogP contribution in [0.25, 0.3) is 0 Å². The van der Waals surface area contributed by atoms with E-state index in [2.05, 4.69) is 0 Å². The number of ether oxygens (including phenoxy) is 1. The number of carbonyl (C=O) groups is 2. The van der Waals surface area contributed by atoms with Gasteiger partial charge in [-0.05, 0) is 60.4 Å². The van der Waals surface area contributed by atoms with Gasteiger partial charge in [0.2, 0.25) is 10.0 Å². The van der Waals surface area contributed by atoms with Crippen LogP contribution in [0.1, 0.15) is 11.1 Å². The molecule has 4 rings (SSSR count). The first-order chi connectivity index (χ1) is 16.3. The molecule has 0 N–H and O–H groups in total. The number of sulfonamides is 1. The number of rotatable bonds is 6. The van der Waals surface area contributed by atoms with Crippen LogP contribution in [0.5, 0.6) is 0 Å². The first-order valence-electron chi connectivity index (χ1n) is 10.6. The number of fused-ring (bicyclic) bond motifs is 2. The van der Waals surface area contributed by atoms with Gasteiger partial charge in [0.1, 0.15) is 12.4 Å². The number of carbonyl (C=O) groups excluding carboxylic acids is 2. The van der Waals surface area contributed by atoms with E-state index in [1.54, 1.807) is 4.90 Å². The maximum absolute atomic E-state index is 13.2. The molecule has 7 nitrogen and oxygen atoms in total. The molecule has 1 heterocycles. The van der Waals surface area contributed by atoms with Crippen molar-refractivity contribution in [2.24, 2.45) is 0 Å². The number of halogens is 1. The van der Waals surface area contributed by atoms with E-state index in [1.165, 1.54) is 7.05 Å². The molecule has 0 bridgehead atoms. The Labute approximate surface area is 197 Å². The number of anilines is 2. The van der Waals surface area contributed by atoms with E-state index in [-0.39, 0.29) is 4.90 Å². The summed E-state index contributed by atoms with van der Waals surface area (Å²) in [5.74, 6) is -1.90. The lowest BCUT2D eigenvalue weighted by Gasteiger charge is -2.25. The van der Waals surface area contributed by atoms with E-state index in [1.807, 2.05) is 48.5 Å². The van der Waals surface area contributed by atoms with Gasteiger partial charge in [-0.1, -0.05) is 36.4 Å². The maximum atomic E-state index is 13.2. The largest absolute Gasteiger partial charge is 0.455 e. The van der Waals surface area contributed by atoms with Crippen LogP contribution >= 0.6 is 0 Å². The second kappa shape index (κ2) is 9.74. The Bertz CT molecular complexity index is 1280. The third-order valence-electron chi connectivity index (χ3n) is 5.61. The van der Waals surface area contributed by atoms with Crippen molar-refractivity contribution in [2.45, 2.75) is 17.7 Å². The number of esters is 1. The third kappa shape index (κ3) is 4.85. The average Bonchev–Trinajstić information content (AvgIpc) is 3.00. The van der Waals surface area contributed by atoms with Crippen LogP contribution in [0, 0.1) is 5.82 Å². The maximum Gasteiger partial charge on any atom is 0.321 e. The number of likely N-dealkylation sites (N-methyl/N-ethyl adjacent to an activating group) is 1. The molecule has 34 heavy (non-hydrogen) atoms. The molecule has 0 radical (unpaired) electrons. The van der Waals surface area contributed by atoms with Crippen molar-refractivity contribution < 1.29 is 27.1 Å². The predicted molar refractivity (Wildman–Crippen MR) is 125 cm³/mol. The quantitative estimate of drug-likeness (QED) is 0.503. The van der Waals surface area contributed by atoms with Crippen LogP contribution in [0.3, 0.4) is 0 Å². The Hall–Kier alpha value is -3.56. The summed E-state index contributed by atoms with van der Waals surface area (Å²) in [7, 11) is -2.81. The van der Waals surface area contributed by atoms with E-state index in [9.17, 15) is 22.4 Å². The van der Waals surface area contributed by atoms with Crippen LogP contribution in [-0.4, -0.2) is 44.8 Å². The van der Waals surface area contributed by atoms with Crippen LogP contribution in [0.4, 0.5) is 15.8 Å². The number of aryl methyl sites for hydroxylation is 2. The summed E-state index contributed by atoms with van der Waals surface area (Å²) < 4.78 is 44.3. The van der Waals surface area contributed by atoms with Crippen molar-refractivity contribution in [3.05, 3.63) is 89.7 Å². The Morgan fingerprint density at radius 1 is 0.912 bits per heavy atom. The van der Waals surface area contributed by atoms with Crippen LogP contribution < -0.4 is 4.90 Å². The highest BCUT2D eigenvalue weighted by atomic mass is 32.2. The van der Waals surface area contributed by atoms with Crippen LogP contribution in [0.15, 0.2) is 77.7 Å². The van der Waals surface area contributed by atoms with Gasteiger partial charge in [-0.15, -0.1) is 0 Å². The van der Waals surface area contributed by atoms with Gasteiger partial charge in [0, 0.05) is 7.05 Å². The van der Waals surface area contributed by atoms with Crippen LogP contribution in [0.2, 0.25) is 0 Å². The van der Waals surface area contributed by atoms with E-state index in [0.717, 1.165) is 63.9 Å². The fraction of sp³-hybridized carbons (Fsp3) is 0.200. The highest BCUT2D eigenvalue weighted by Crippen LogP contribution is 2.36. The summed E-state index contributed by atoms with van der Waals surface area (Å²) in [6.45, 7) is -1.15. The number of hydrogen-bond donors (Lipinski definition) is 0. The molecule has 0 saturated carbocycles. The Kier molecular flexibility index (Phi) is 6.76. The minimum absolute atomic E-state index is 0.155. The molecule has 0 fully saturated rings. The molecule has 0 unspecified atom stereocenters. The zero-order valence-electron chi connectivity index (χ0n) is 18.5. The first kappa shape index (κ1) is 23.6. The fourth-order valence-electron chi connectivity index (χ4n) is 3.85. The van der Waals surface area contributed by atoms with Gasteiger partial charge < -0.3 is 4.74 Å². The van der Waals surface area contributed by atoms with Gasteiger partial charge in [-0.3, -0.25) is 14.5 Å². The zero-order valence-corrected chi connectivity index (χ0v) is 19.3. The topological polar surface area (TPSA) is 84.0 Å². The monoisotopic (exact) mass is 482 g/mol. The molecule has 0 aliphatic carbocycles. The Morgan fingerprint density at radius 3 is 2.00 bits per heavy atom. The van der Waals surface area contributed by atoms with E-state index in [4.69, 9.17) is 4.74 Å². The first-order valence-corrected chi connectivity index (χ1v) is 12.1. The third-order valence-corrected chi connectivity index (χ3v) is 7.43. The van der Waals surface area contributed by atoms with Crippen molar-refractivity contribution in [1.82, 2.24) is 4.31 Å². The van der Waals surface area contributed by atoms with Crippen molar-refractivity contribution in [3.8, 4) is 0 Å². The highest BCUT2D eigenvalue weighted by Gasteiger charge is 2.28. The molecule has 0 atom stereocenters. The van der Waals surface area contributed by atoms with Crippen molar-refractivity contribution in [1.29, 1.82) is 0 Å². The molecule has 9 heteroatoms. The number of benzene rings is 3. The van der Waals surface area contributed by atoms with Gasteiger partial charge in [-0.2, -0.15) is 4.31 Å². The Morgan fingerprint density at radius 2 is 1.44 bits per heavy atom. The van der Waals surface area contributed by atoms with Crippen LogP contribution in [-0.2, 0) is 37.2 Å². The second-order valence-electron chi connectivity index (χ2n) is 7.86. The standard InChI is InChI=1S/C25H23FN2O5S/c1-27(34(31,32)21-14-12-20(26)13-15-21)16-25(30)33-17-24(29)28-22-8-4-2-6-18(22)10-11-19-7-3-5-9-23(19)28/h2-9,12-15H,10-11,16-17H2,1H3. The summed E-state index contributed by atoms with van der Waals surface area (Å²) in [4.78, 5) is 27.0. The molecule has 1 aliphatic heterocycles. The minimum atomic E-state index is -4.02. The SMILES string of the molecule is CN(CC(=O)OCC(=O)N1c2ccccc2CCc2ccccc21)S(=O)(=O)c1ccc(F)cc1. The van der Waals surface area contributed by atoms with Crippen molar-refractivity contribution >= 4 is 33.3 Å². The Balaban J connectivity index is 1.47. The summed E-state index contributed by atoms with van der Waals surface area (Å²) in [6, 6.07) is 19.4. The van der Waals surface area contributed by atoms with E-state index < -0.39 is 40.9 Å². The smallest absolute Gasteiger partial charge is 0.321 e. The van der Waals surface area contributed by atoms with Gasteiger partial charge in [0.25, 0.3) is 5.91 Å². The molecule has 176 valence electrons. The number of amides is 1. The minimum Gasteiger partial charge on any atom is -0.455 e. The number of hydrogen-bond acceptors (Lipinski definition) is 5. The van der Waals surface area contributed by atoms with E-state index >= 15 is 0 Å². The normalized spacial score (nSPS) is 13.1. The van der Waals surface area contributed by atoms with Gasteiger partial charge in [0.15, 0.2) is 6.61 Å². The molecule has 3 aromatic rings. The summed E-state index contributed by atoms with van der Waals surface area (Å²) in [5.41, 5.74) is 3.46. The number of para-hydroxylation sites is 2. The van der Waals surface area contributed by atoms with Gasteiger partial charge in [0.05, 0.1) is 16.3 Å². The molecule has 1 aliphatic rings. The fourth-order valence-corrected chi connectivity index (χ4v) is 4.97. The molecule has 0 spiro atoms. The lowest BCUT2D eigenvalue weighted by atomic mass is 10.0. The molecule has 0 saturated heterocycles. The van der Waals surface area contributed by atoms with Crippen molar-refractivity contribution in [2.75, 3.05) is 25.1 Å².